The van der Waals surface area contributed by atoms with E-state index in [2.05, 4.69) is 5.16 Å². The van der Waals surface area contributed by atoms with Crippen LogP contribution in [-0.2, 0) is 11.3 Å². The number of carbonyl (C=O) groups excluding carboxylic acids is 2. The Kier molecular flexibility index (Phi) is 4.96. The first-order valence-electron chi connectivity index (χ1n) is 9.64. The molecule has 4 rings (SSSR count). The summed E-state index contributed by atoms with van der Waals surface area (Å²) in [5, 5.41) is 16.1. The molecule has 7 heteroatoms. The van der Waals surface area contributed by atoms with Crippen molar-refractivity contribution in [3.05, 3.63) is 59.5 Å². The number of likely N-dealkylation sites (N-methyl/N-ethyl adjacent to an activating group) is 1. The maximum atomic E-state index is 13.2. The van der Waals surface area contributed by atoms with E-state index in [1.807, 2.05) is 24.3 Å². The van der Waals surface area contributed by atoms with E-state index >= 15 is 0 Å². The number of hydrogen-bond acceptors (Lipinski definition) is 5. The maximum Gasteiger partial charge on any atom is 0.258 e. The Labute approximate surface area is 168 Å². The molecule has 0 bridgehead atoms. The molecule has 0 spiro atoms. The van der Waals surface area contributed by atoms with Crippen molar-refractivity contribution >= 4 is 22.6 Å². The van der Waals surface area contributed by atoms with Gasteiger partial charge in [-0.2, -0.15) is 0 Å². The van der Waals surface area contributed by atoms with Gasteiger partial charge in [-0.15, -0.1) is 0 Å². The summed E-state index contributed by atoms with van der Waals surface area (Å²) in [5.41, 5.74) is 0.888. The van der Waals surface area contributed by atoms with Crippen LogP contribution in [0.2, 0.25) is 0 Å². The summed E-state index contributed by atoms with van der Waals surface area (Å²) in [6.07, 6.45) is 1.34. The van der Waals surface area contributed by atoms with Crippen LogP contribution in [0.4, 0.5) is 0 Å². The zero-order valence-electron chi connectivity index (χ0n) is 16.5. The van der Waals surface area contributed by atoms with Gasteiger partial charge in [0.15, 0.2) is 0 Å². The number of carbonyl (C=O) groups is 2. The van der Waals surface area contributed by atoms with Crippen LogP contribution < -0.4 is 0 Å². The molecule has 150 valence electrons. The number of rotatable bonds is 4. The maximum absolute atomic E-state index is 13.2. The van der Waals surface area contributed by atoms with Gasteiger partial charge in [0.1, 0.15) is 23.2 Å². The van der Waals surface area contributed by atoms with Crippen molar-refractivity contribution in [1.82, 2.24) is 15.0 Å². The first-order valence-corrected chi connectivity index (χ1v) is 9.64. The fourth-order valence-corrected chi connectivity index (χ4v) is 3.92. The molecular weight excluding hydrogens is 370 g/mol. The Morgan fingerprint density at radius 1 is 1.28 bits per heavy atom. The van der Waals surface area contributed by atoms with E-state index in [-0.39, 0.29) is 23.1 Å². The molecule has 2 amide bonds. The van der Waals surface area contributed by atoms with Crippen molar-refractivity contribution in [2.75, 3.05) is 13.6 Å². The molecule has 1 unspecified atom stereocenters. The van der Waals surface area contributed by atoms with Crippen molar-refractivity contribution in [3.8, 4) is 5.75 Å². The molecular formula is C22H23N3O4. The van der Waals surface area contributed by atoms with Gasteiger partial charge in [0.25, 0.3) is 5.91 Å². The molecule has 1 aliphatic heterocycles. The summed E-state index contributed by atoms with van der Waals surface area (Å²) >= 11 is 0. The number of phenols is 1. The molecule has 1 aromatic heterocycles. The largest absolute Gasteiger partial charge is 0.506 e. The molecule has 1 aliphatic rings. The van der Waals surface area contributed by atoms with Gasteiger partial charge in [-0.1, -0.05) is 35.5 Å². The number of aryl methyl sites for hydroxylation is 1. The van der Waals surface area contributed by atoms with Crippen LogP contribution in [0.3, 0.4) is 0 Å². The van der Waals surface area contributed by atoms with Gasteiger partial charge < -0.3 is 19.4 Å². The fourth-order valence-electron chi connectivity index (χ4n) is 3.92. The molecule has 1 atom stereocenters. The number of fused-ring (bicyclic) bond motifs is 1. The highest BCUT2D eigenvalue weighted by molar-refractivity contribution is 6.05. The van der Waals surface area contributed by atoms with Gasteiger partial charge in [-0.25, -0.2) is 0 Å². The average molecular weight is 393 g/mol. The Bertz CT molecular complexity index is 1070. The number of phenolic OH excluding ortho intramolecular Hbond substituents is 1. The Morgan fingerprint density at radius 2 is 2.07 bits per heavy atom. The topological polar surface area (TPSA) is 86.9 Å². The molecule has 7 nitrogen and oxygen atoms in total. The monoisotopic (exact) mass is 393 g/mol. The predicted octanol–water partition coefficient (Wildman–Crippen LogP) is 3.11. The highest BCUT2D eigenvalue weighted by atomic mass is 16.5. The van der Waals surface area contributed by atoms with Crippen LogP contribution in [0.15, 0.2) is 47.0 Å². The lowest BCUT2D eigenvalue weighted by atomic mass is 10.0. The summed E-state index contributed by atoms with van der Waals surface area (Å²) in [6, 6.07) is 12.0. The van der Waals surface area contributed by atoms with Gasteiger partial charge in [0.2, 0.25) is 5.91 Å². The van der Waals surface area contributed by atoms with Crippen molar-refractivity contribution in [2.45, 2.75) is 32.4 Å². The van der Waals surface area contributed by atoms with Crippen LogP contribution in [0, 0.1) is 6.92 Å². The van der Waals surface area contributed by atoms with Crippen LogP contribution >= 0.6 is 0 Å². The fraction of sp³-hybridized carbons (Fsp3) is 0.318. The summed E-state index contributed by atoms with van der Waals surface area (Å²) in [5.74, 6) is 0.175. The summed E-state index contributed by atoms with van der Waals surface area (Å²) < 4.78 is 5.06. The van der Waals surface area contributed by atoms with Crippen LogP contribution in [-0.4, -0.2) is 51.5 Å². The second-order valence-electron chi connectivity index (χ2n) is 7.46. The lowest BCUT2D eigenvalue weighted by Gasteiger charge is -2.28. The zero-order chi connectivity index (χ0) is 20.5. The molecule has 2 aromatic carbocycles. The molecule has 0 radical (unpaired) electrons. The van der Waals surface area contributed by atoms with E-state index in [1.54, 1.807) is 42.0 Å². The minimum absolute atomic E-state index is 0.0439. The van der Waals surface area contributed by atoms with E-state index in [0.29, 0.717) is 36.4 Å². The SMILES string of the molecule is Cc1cc(CN(C)C(=O)C2CCCN2C(=O)c2ccc3ccccc3c2O)no1. The quantitative estimate of drug-likeness (QED) is 0.736. The van der Waals surface area contributed by atoms with Crippen LogP contribution in [0.5, 0.6) is 5.75 Å². The number of hydrogen-bond donors (Lipinski definition) is 1. The third kappa shape index (κ3) is 3.55. The number of benzene rings is 2. The zero-order valence-corrected chi connectivity index (χ0v) is 16.5. The number of nitrogens with zero attached hydrogens (tertiary/aromatic N) is 3. The number of aromatic nitrogens is 1. The van der Waals surface area contributed by atoms with Gasteiger partial charge in [0.05, 0.1) is 12.1 Å². The normalized spacial score (nSPS) is 16.3. The van der Waals surface area contributed by atoms with E-state index in [4.69, 9.17) is 4.52 Å². The Hall–Kier alpha value is -3.35. The van der Waals surface area contributed by atoms with Crippen LogP contribution in [0.25, 0.3) is 10.8 Å². The average Bonchev–Trinajstić information content (AvgIpc) is 3.36. The highest BCUT2D eigenvalue weighted by Crippen LogP contribution is 2.31. The van der Waals surface area contributed by atoms with Gasteiger partial charge >= 0.3 is 0 Å². The summed E-state index contributed by atoms with van der Waals surface area (Å²) in [6.45, 7) is 2.60. The Balaban J connectivity index is 1.55. The van der Waals surface area contributed by atoms with E-state index in [0.717, 1.165) is 11.8 Å². The number of aromatic hydroxyl groups is 1. The molecule has 29 heavy (non-hydrogen) atoms. The number of amides is 2. The molecule has 3 aromatic rings. The van der Waals surface area contributed by atoms with Crippen molar-refractivity contribution in [2.24, 2.45) is 0 Å². The number of likely N-dealkylation sites (tertiary alicyclic amines) is 1. The lowest BCUT2D eigenvalue weighted by Crippen LogP contribution is -2.46. The minimum atomic E-state index is -0.550. The van der Waals surface area contributed by atoms with Crippen molar-refractivity contribution in [1.29, 1.82) is 0 Å². The third-order valence-electron chi connectivity index (χ3n) is 5.38. The van der Waals surface area contributed by atoms with Crippen molar-refractivity contribution in [3.63, 3.8) is 0 Å². The first-order chi connectivity index (χ1) is 14.0. The second-order valence-corrected chi connectivity index (χ2v) is 7.46. The van der Waals surface area contributed by atoms with E-state index in [9.17, 15) is 14.7 Å². The highest BCUT2D eigenvalue weighted by Gasteiger charge is 2.37. The van der Waals surface area contributed by atoms with Gasteiger partial charge in [-0.05, 0) is 31.2 Å². The second kappa shape index (κ2) is 7.58. The molecule has 1 N–H and O–H groups in total. The standard InChI is InChI=1S/C22H23N3O4/c1-14-12-16(23-29-14)13-24(2)22(28)19-8-5-11-25(19)21(27)18-10-9-15-6-3-4-7-17(15)20(18)26/h3-4,6-7,9-10,12,19,26H,5,8,11,13H2,1-2H3. The lowest BCUT2D eigenvalue weighted by molar-refractivity contribution is -0.134. The Morgan fingerprint density at radius 3 is 2.83 bits per heavy atom. The minimum Gasteiger partial charge on any atom is -0.506 e. The third-order valence-corrected chi connectivity index (χ3v) is 5.38. The molecule has 1 fully saturated rings. The predicted molar refractivity (Wildman–Crippen MR) is 107 cm³/mol. The molecule has 0 aliphatic carbocycles. The van der Waals surface area contributed by atoms with Gasteiger partial charge in [0, 0.05) is 25.0 Å². The molecule has 1 saturated heterocycles. The first kappa shape index (κ1) is 19.0. The molecule has 2 heterocycles. The van der Waals surface area contributed by atoms with E-state index < -0.39 is 6.04 Å². The molecule has 0 saturated carbocycles. The van der Waals surface area contributed by atoms with Crippen molar-refractivity contribution < 1.29 is 19.2 Å². The summed E-state index contributed by atoms with van der Waals surface area (Å²) in [7, 11) is 1.70. The van der Waals surface area contributed by atoms with Crippen LogP contribution in [0.1, 0.15) is 34.7 Å². The smallest absolute Gasteiger partial charge is 0.258 e. The van der Waals surface area contributed by atoms with Gasteiger partial charge in [-0.3, -0.25) is 9.59 Å². The van der Waals surface area contributed by atoms with E-state index in [1.165, 1.54) is 0 Å². The summed E-state index contributed by atoms with van der Waals surface area (Å²) in [4.78, 5) is 29.3.